The summed E-state index contributed by atoms with van der Waals surface area (Å²) < 4.78 is 0. The Labute approximate surface area is 136 Å². The zero-order valence-electron chi connectivity index (χ0n) is 11.6. The number of nitrogens with one attached hydrogen (secondary N) is 1. The molecule has 0 bridgehead atoms. The standard InChI is InChI=1S/C14H12ClN3O3S/c1-9-2-3-10(6-12(9)15)17-13(19)8-22-14-5-4-11(7-16-14)18(20)21/h2-7H,8H2,1H3,(H,17,19). The van der Waals surface area contributed by atoms with Gasteiger partial charge in [0.15, 0.2) is 0 Å². The molecule has 2 aromatic rings. The molecular weight excluding hydrogens is 326 g/mol. The fraction of sp³-hybridized carbons (Fsp3) is 0.143. The third-order valence-corrected chi connectivity index (χ3v) is 4.09. The molecule has 0 saturated heterocycles. The zero-order chi connectivity index (χ0) is 16.1. The molecule has 8 heteroatoms. The van der Waals surface area contributed by atoms with Crippen molar-refractivity contribution in [3.63, 3.8) is 0 Å². The molecule has 0 spiro atoms. The van der Waals surface area contributed by atoms with Gasteiger partial charge in [-0.3, -0.25) is 14.9 Å². The normalized spacial score (nSPS) is 10.3. The van der Waals surface area contributed by atoms with E-state index in [1.807, 2.05) is 13.0 Å². The second-order valence-electron chi connectivity index (χ2n) is 4.41. The molecule has 1 N–H and O–H groups in total. The number of hydrogen-bond donors (Lipinski definition) is 1. The van der Waals surface area contributed by atoms with Crippen molar-refractivity contribution in [2.24, 2.45) is 0 Å². The van der Waals surface area contributed by atoms with Crippen molar-refractivity contribution in [3.8, 4) is 0 Å². The van der Waals surface area contributed by atoms with E-state index in [-0.39, 0.29) is 17.3 Å². The lowest BCUT2D eigenvalue weighted by Crippen LogP contribution is -2.14. The number of rotatable bonds is 5. The first-order valence-corrected chi connectivity index (χ1v) is 7.61. The summed E-state index contributed by atoms with van der Waals surface area (Å²) in [6, 6.07) is 8.15. The molecule has 22 heavy (non-hydrogen) atoms. The Kier molecular flexibility index (Phi) is 5.35. The third-order valence-electron chi connectivity index (χ3n) is 2.74. The average molecular weight is 338 g/mol. The van der Waals surface area contributed by atoms with Crippen LogP contribution < -0.4 is 5.32 Å². The van der Waals surface area contributed by atoms with Crippen molar-refractivity contribution < 1.29 is 9.72 Å². The van der Waals surface area contributed by atoms with E-state index >= 15 is 0 Å². The number of carbonyl (C=O) groups is 1. The topological polar surface area (TPSA) is 85.1 Å². The van der Waals surface area contributed by atoms with Crippen molar-refractivity contribution >= 4 is 40.6 Å². The number of thioether (sulfide) groups is 1. The molecular formula is C14H12ClN3O3S. The molecule has 0 fully saturated rings. The molecule has 6 nitrogen and oxygen atoms in total. The Morgan fingerprint density at radius 3 is 2.77 bits per heavy atom. The lowest BCUT2D eigenvalue weighted by molar-refractivity contribution is -0.385. The Morgan fingerprint density at radius 2 is 2.18 bits per heavy atom. The van der Waals surface area contributed by atoms with Gasteiger partial charge >= 0.3 is 0 Å². The fourth-order valence-electron chi connectivity index (χ4n) is 1.57. The molecule has 0 saturated carbocycles. The number of amides is 1. The lowest BCUT2D eigenvalue weighted by atomic mass is 10.2. The van der Waals surface area contributed by atoms with E-state index in [9.17, 15) is 14.9 Å². The summed E-state index contributed by atoms with van der Waals surface area (Å²) in [4.78, 5) is 25.8. The highest BCUT2D eigenvalue weighted by Crippen LogP contribution is 2.21. The maximum Gasteiger partial charge on any atom is 0.287 e. The van der Waals surface area contributed by atoms with Gasteiger partial charge in [-0.1, -0.05) is 29.4 Å². The van der Waals surface area contributed by atoms with Gasteiger partial charge in [0.25, 0.3) is 5.69 Å². The number of hydrogen-bond acceptors (Lipinski definition) is 5. The van der Waals surface area contributed by atoms with Gasteiger partial charge in [-0.05, 0) is 30.7 Å². The van der Waals surface area contributed by atoms with Crippen LogP contribution in [0.25, 0.3) is 0 Å². The number of nitrogens with zero attached hydrogens (tertiary/aromatic N) is 2. The van der Waals surface area contributed by atoms with Crippen molar-refractivity contribution in [2.45, 2.75) is 11.9 Å². The molecule has 1 aromatic heterocycles. The number of pyridine rings is 1. The number of halogens is 1. The Bertz CT molecular complexity index is 707. The molecule has 114 valence electrons. The Hall–Kier alpha value is -2.12. The molecule has 1 amide bonds. The van der Waals surface area contributed by atoms with Crippen LogP contribution in [0.4, 0.5) is 11.4 Å². The van der Waals surface area contributed by atoms with Gasteiger partial charge in [-0.15, -0.1) is 0 Å². The van der Waals surface area contributed by atoms with Gasteiger partial charge in [0, 0.05) is 16.8 Å². The highest BCUT2D eigenvalue weighted by Gasteiger charge is 2.08. The van der Waals surface area contributed by atoms with Gasteiger partial charge in [-0.25, -0.2) is 4.98 Å². The monoisotopic (exact) mass is 337 g/mol. The highest BCUT2D eigenvalue weighted by molar-refractivity contribution is 7.99. The van der Waals surface area contributed by atoms with Crippen LogP contribution in [-0.2, 0) is 4.79 Å². The molecule has 0 unspecified atom stereocenters. The second kappa shape index (κ2) is 7.24. The SMILES string of the molecule is Cc1ccc(NC(=O)CSc2ccc([N+](=O)[O-])cn2)cc1Cl. The van der Waals surface area contributed by atoms with Crippen LogP contribution in [0, 0.1) is 17.0 Å². The van der Waals surface area contributed by atoms with E-state index in [0.717, 1.165) is 5.56 Å². The Balaban J connectivity index is 1.89. The van der Waals surface area contributed by atoms with Crippen molar-refractivity contribution in [3.05, 3.63) is 57.2 Å². The molecule has 2 rings (SSSR count). The minimum Gasteiger partial charge on any atom is -0.325 e. The zero-order valence-corrected chi connectivity index (χ0v) is 13.1. The number of aromatic nitrogens is 1. The molecule has 1 heterocycles. The van der Waals surface area contributed by atoms with Crippen LogP contribution in [0.2, 0.25) is 5.02 Å². The summed E-state index contributed by atoms with van der Waals surface area (Å²) in [6.45, 7) is 1.88. The lowest BCUT2D eigenvalue weighted by Gasteiger charge is -2.06. The Morgan fingerprint density at radius 1 is 1.41 bits per heavy atom. The summed E-state index contributed by atoms with van der Waals surface area (Å²) >= 11 is 7.19. The van der Waals surface area contributed by atoms with Crippen LogP contribution in [0.15, 0.2) is 41.6 Å². The van der Waals surface area contributed by atoms with Crippen LogP contribution in [-0.4, -0.2) is 21.6 Å². The second-order valence-corrected chi connectivity index (χ2v) is 5.82. The first kappa shape index (κ1) is 16.3. The van der Waals surface area contributed by atoms with Gasteiger partial charge in [-0.2, -0.15) is 0 Å². The van der Waals surface area contributed by atoms with Gasteiger partial charge < -0.3 is 5.32 Å². The summed E-state index contributed by atoms with van der Waals surface area (Å²) in [5.74, 6) is -0.0545. The maximum atomic E-state index is 11.8. The number of nitro groups is 1. The molecule has 0 aliphatic rings. The van der Waals surface area contributed by atoms with E-state index < -0.39 is 4.92 Å². The summed E-state index contributed by atoms with van der Waals surface area (Å²) in [6.07, 6.45) is 1.17. The number of benzene rings is 1. The van der Waals surface area contributed by atoms with E-state index in [4.69, 9.17) is 11.6 Å². The van der Waals surface area contributed by atoms with Gasteiger partial charge in [0.2, 0.25) is 5.91 Å². The molecule has 0 aliphatic carbocycles. The predicted molar refractivity (Wildman–Crippen MR) is 86.4 cm³/mol. The first-order valence-electron chi connectivity index (χ1n) is 6.25. The molecule has 0 atom stereocenters. The van der Waals surface area contributed by atoms with Crippen LogP contribution in [0.3, 0.4) is 0 Å². The van der Waals surface area contributed by atoms with Gasteiger partial charge in [0.05, 0.1) is 15.7 Å². The molecule has 0 aliphatic heterocycles. The van der Waals surface area contributed by atoms with Crippen molar-refractivity contribution in [1.29, 1.82) is 0 Å². The minimum atomic E-state index is -0.519. The predicted octanol–water partition coefficient (Wildman–Crippen LogP) is 3.68. The van der Waals surface area contributed by atoms with Crippen LogP contribution in [0.1, 0.15) is 5.56 Å². The minimum absolute atomic E-state index is 0.0805. The van der Waals surface area contributed by atoms with Gasteiger partial charge in [0.1, 0.15) is 6.20 Å². The molecule has 1 aromatic carbocycles. The number of carbonyl (C=O) groups excluding carboxylic acids is 1. The highest BCUT2D eigenvalue weighted by atomic mass is 35.5. The smallest absolute Gasteiger partial charge is 0.287 e. The van der Waals surface area contributed by atoms with Crippen LogP contribution in [0.5, 0.6) is 0 Å². The maximum absolute atomic E-state index is 11.8. The quantitative estimate of drug-likeness (QED) is 0.511. The number of aryl methyl sites for hydroxylation is 1. The number of anilines is 1. The summed E-state index contributed by atoms with van der Waals surface area (Å²) in [5, 5.41) is 14.4. The molecule has 0 radical (unpaired) electrons. The van der Waals surface area contributed by atoms with E-state index in [0.29, 0.717) is 15.7 Å². The van der Waals surface area contributed by atoms with Crippen molar-refractivity contribution in [1.82, 2.24) is 4.98 Å². The van der Waals surface area contributed by atoms with E-state index in [1.54, 1.807) is 12.1 Å². The van der Waals surface area contributed by atoms with Crippen molar-refractivity contribution in [2.75, 3.05) is 11.1 Å². The third kappa shape index (κ3) is 4.44. The van der Waals surface area contributed by atoms with E-state index in [1.165, 1.54) is 30.1 Å². The average Bonchev–Trinajstić information content (AvgIpc) is 2.49. The summed E-state index contributed by atoms with van der Waals surface area (Å²) in [7, 11) is 0. The summed E-state index contributed by atoms with van der Waals surface area (Å²) in [5.41, 5.74) is 1.48. The fourth-order valence-corrected chi connectivity index (χ4v) is 2.40. The first-order chi connectivity index (χ1) is 10.5. The van der Waals surface area contributed by atoms with E-state index in [2.05, 4.69) is 10.3 Å². The van der Waals surface area contributed by atoms with Crippen LogP contribution >= 0.6 is 23.4 Å². The largest absolute Gasteiger partial charge is 0.325 e.